The molecule has 118 valence electrons. The molecule has 0 saturated carbocycles. The van der Waals surface area contributed by atoms with Crippen molar-refractivity contribution in [3.8, 4) is 5.75 Å². The molecule has 7 heteroatoms. The van der Waals surface area contributed by atoms with Crippen LogP contribution in [-0.2, 0) is 0 Å². The molecule has 7 nitrogen and oxygen atoms in total. The standard InChI is InChI=1S/C16H17N5O2/c1-10-4-5-13(22-3)12(8-10)18-16-17-7-6-14(20-16)19-15-9-11(2)23-21-15/h4-9H,1-3H3,(H2,17,18,19,20,21). The van der Waals surface area contributed by atoms with Crippen LogP contribution < -0.4 is 15.4 Å². The second-order valence-electron chi connectivity index (χ2n) is 5.04. The van der Waals surface area contributed by atoms with Gasteiger partial charge in [0.1, 0.15) is 17.3 Å². The zero-order chi connectivity index (χ0) is 16.2. The molecule has 0 saturated heterocycles. The molecule has 0 aliphatic carbocycles. The molecule has 1 aromatic carbocycles. The Morgan fingerprint density at radius 1 is 1.04 bits per heavy atom. The summed E-state index contributed by atoms with van der Waals surface area (Å²) in [5.74, 6) is 3.12. The summed E-state index contributed by atoms with van der Waals surface area (Å²) in [6, 6.07) is 9.40. The lowest BCUT2D eigenvalue weighted by Gasteiger charge is -2.11. The van der Waals surface area contributed by atoms with Crippen molar-refractivity contribution in [2.24, 2.45) is 0 Å². The topological polar surface area (TPSA) is 85.1 Å². The van der Waals surface area contributed by atoms with Crippen molar-refractivity contribution in [2.45, 2.75) is 13.8 Å². The second kappa shape index (κ2) is 6.35. The van der Waals surface area contributed by atoms with Crippen LogP contribution in [-0.4, -0.2) is 22.2 Å². The summed E-state index contributed by atoms with van der Waals surface area (Å²) in [5.41, 5.74) is 1.92. The number of methoxy groups -OCH3 is 1. The fraction of sp³-hybridized carbons (Fsp3) is 0.188. The summed E-state index contributed by atoms with van der Waals surface area (Å²) in [6.07, 6.45) is 1.66. The fourth-order valence-corrected chi connectivity index (χ4v) is 2.09. The first kappa shape index (κ1) is 14.8. The Kier molecular flexibility index (Phi) is 4.09. The Labute approximate surface area is 133 Å². The van der Waals surface area contributed by atoms with Crippen molar-refractivity contribution in [3.05, 3.63) is 47.9 Å². The molecule has 2 N–H and O–H groups in total. The second-order valence-corrected chi connectivity index (χ2v) is 5.04. The van der Waals surface area contributed by atoms with Crippen LogP contribution in [0.2, 0.25) is 0 Å². The van der Waals surface area contributed by atoms with Crippen molar-refractivity contribution >= 4 is 23.3 Å². The SMILES string of the molecule is COc1ccc(C)cc1Nc1nccc(Nc2cc(C)on2)n1. The van der Waals surface area contributed by atoms with E-state index in [0.29, 0.717) is 17.6 Å². The summed E-state index contributed by atoms with van der Waals surface area (Å²) in [4.78, 5) is 8.63. The van der Waals surface area contributed by atoms with Crippen LogP contribution in [0.5, 0.6) is 5.75 Å². The fourth-order valence-electron chi connectivity index (χ4n) is 2.09. The van der Waals surface area contributed by atoms with E-state index in [1.54, 1.807) is 25.4 Å². The smallest absolute Gasteiger partial charge is 0.229 e. The molecule has 0 fully saturated rings. The normalized spacial score (nSPS) is 10.4. The predicted molar refractivity (Wildman–Crippen MR) is 87.6 cm³/mol. The number of aromatic nitrogens is 3. The van der Waals surface area contributed by atoms with Crippen LogP contribution >= 0.6 is 0 Å². The van der Waals surface area contributed by atoms with E-state index in [4.69, 9.17) is 9.26 Å². The van der Waals surface area contributed by atoms with Gasteiger partial charge < -0.3 is 19.9 Å². The highest BCUT2D eigenvalue weighted by Gasteiger charge is 2.07. The van der Waals surface area contributed by atoms with Gasteiger partial charge in [-0.1, -0.05) is 11.2 Å². The summed E-state index contributed by atoms with van der Waals surface area (Å²) < 4.78 is 10.4. The molecular formula is C16H17N5O2. The molecule has 23 heavy (non-hydrogen) atoms. The van der Waals surface area contributed by atoms with E-state index in [9.17, 15) is 0 Å². The van der Waals surface area contributed by atoms with Gasteiger partial charge in [0.25, 0.3) is 0 Å². The molecule has 0 amide bonds. The van der Waals surface area contributed by atoms with Gasteiger partial charge in [-0.25, -0.2) is 4.98 Å². The molecule has 0 bridgehead atoms. The third-order valence-corrected chi connectivity index (χ3v) is 3.14. The van der Waals surface area contributed by atoms with Crippen LogP contribution in [0.15, 0.2) is 41.1 Å². The summed E-state index contributed by atoms with van der Waals surface area (Å²) in [7, 11) is 1.63. The van der Waals surface area contributed by atoms with E-state index >= 15 is 0 Å². The minimum atomic E-state index is 0.458. The molecule has 0 unspecified atom stereocenters. The molecular weight excluding hydrogens is 294 g/mol. The number of nitrogens with one attached hydrogen (secondary N) is 2. The molecule has 0 aliphatic rings. The lowest BCUT2D eigenvalue weighted by Crippen LogP contribution is -2.02. The molecule has 0 spiro atoms. The maximum Gasteiger partial charge on any atom is 0.229 e. The number of ether oxygens (including phenoxy) is 1. The van der Waals surface area contributed by atoms with Crippen molar-refractivity contribution in [3.63, 3.8) is 0 Å². The van der Waals surface area contributed by atoms with Crippen molar-refractivity contribution < 1.29 is 9.26 Å². The molecule has 2 heterocycles. The Balaban J connectivity index is 1.81. The summed E-state index contributed by atoms with van der Waals surface area (Å²) in [6.45, 7) is 3.84. The maximum absolute atomic E-state index is 5.35. The van der Waals surface area contributed by atoms with E-state index in [1.165, 1.54) is 0 Å². The van der Waals surface area contributed by atoms with Crippen molar-refractivity contribution in [1.82, 2.24) is 15.1 Å². The van der Waals surface area contributed by atoms with Crippen LogP contribution in [0.1, 0.15) is 11.3 Å². The highest BCUT2D eigenvalue weighted by Crippen LogP contribution is 2.27. The van der Waals surface area contributed by atoms with E-state index in [2.05, 4.69) is 25.8 Å². The minimum Gasteiger partial charge on any atom is -0.495 e. The number of hydrogen-bond acceptors (Lipinski definition) is 7. The zero-order valence-electron chi connectivity index (χ0n) is 13.1. The van der Waals surface area contributed by atoms with Gasteiger partial charge in [0.2, 0.25) is 5.95 Å². The van der Waals surface area contributed by atoms with Crippen LogP contribution in [0.4, 0.5) is 23.3 Å². The van der Waals surface area contributed by atoms with E-state index in [1.807, 2.05) is 32.0 Å². The van der Waals surface area contributed by atoms with Crippen molar-refractivity contribution in [1.29, 1.82) is 0 Å². The van der Waals surface area contributed by atoms with Crippen LogP contribution in [0, 0.1) is 13.8 Å². The molecule has 0 atom stereocenters. The largest absolute Gasteiger partial charge is 0.495 e. The lowest BCUT2D eigenvalue weighted by molar-refractivity contribution is 0.400. The first-order valence-corrected chi connectivity index (χ1v) is 7.09. The zero-order valence-corrected chi connectivity index (χ0v) is 13.1. The quantitative estimate of drug-likeness (QED) is 0.745. The van der Waals surface area contributed by atoms with Gasteiger partial charge in [-0.2, -0.15) is 4.98 Å². The van der Waals surface area contributed by atoms with Crippen molar-refractivity contribution in [2.75, 3.05) is 17.7 Å². The summed E-state index contributed by atoms with van der Waals surface area (Å²) >= 11 is 0. The molecule has 3 rings (SSSR count). The highest BCUT2D eigenvalue weighted by molar-refractivity contribution is 5.64. The van der Waals surface area contributed by atoms with E-state index in [-0.39, 0.29) is 0 Å². The Bertz CT molecular complexity index is 816. The van der Waals surface area contributed by atoms with Crippen LogP contribution in [0.3, 0.4) is 0 Å². The lowest BCUT2D eigenvalue weighted by atomic mass is 10.2. The first-order valence-electron chi connectivity index (χ1n) is 7.09. The number of benzene rings is 1. The van der Waals surface area contributed by atoms with Gasteiger partial charge in [0.15, 0.2) is 5.82 Å². The van der Waals surface area contributed by atoms with Gasteiger partial charge in [-0.05, 0) is 37.6 Å². The molecule has 2 aromatic heterocycles. The third kappa shape index (κ3) is 3.57. The number of rotatable bonds is 5. The highest BCUT2D eigenvalue weighted by atomic mass is 16.5. The number of anilines is 4. The Morgan fingerprint density at radius 3 is 2.65 bits per heavy atom. The van der Waals surface area contributed by atoms with Gasteiger partial charge >= 0.3 is 0 Å². The first-order chi connectivity index (χ1) is 11.1. The van der Waals surface area contributed by atoms with E-state index in [0.717, 1.165) is 22.8 Å². The van der Waals surface area contributed by atoms with Gasteiger partial charge in [0.05, 0.1) is 12.8 Å². The molecule has 0 aliphatic heterocycles. The van der Waals surface area contributed by atoms with Gasteiger partial charge in [-0.15, -0.1) is 0 Å². The molecule has 0 radical (unpaired) electrons. The van der Waals surface area contributed by atoms with Gasteiger partial charge in [-0.3, -0.25) is 0 Å². The van der Waals surface area contributed by atoms with Gasteiger partial charge in [0, 0.05) is 12.3 Å². The predicted octanol–water partition coefficient (Wildman–Crippen LogP) is 3.58. The average Bonchev–Trinajstić information content (AvgIpc) is 2.93. The number of nitrogens with zero attached hydrogens (tertiary/aromatic N) is 3. The number of aryl methyl sites for hydroxylation is 2. The molecule has 3 aromatic rings. The number of hydrogen-bond donors (Lipinski definition) is 2. The minimum absolute atomic E-state index is 0.458. The third-order valence-electron chi connectivity index (χ3n) is 3.14. The monoisotopic (exact) mass is 311 g/mol. The average molecular weight is 311 g/mol. The summed E-state index contributed by atoms with van der Waals surface area (Å²) in [5, 5.41) is 10.1. The Hall–Kier alpha value is -3.09. The van der Waals surface area contributed by atoms with E-state index < -0.39 is 0 Å². The van der Waals surface area contributed by atoms with Crippen LogP contribution in [0.25, 0.3) is 0 Å². The maximum atomic E-state index is 5.35. The Morgan fingerprint density at radius 2 is 1.91 bits per heavy atom.